The Bertz CT molecular complexity index is 963. The number of hydrogen-bond acceptors (Lipinski definition) is 4. The zero-order valence-corrected chi connectivity index (χ0v) is 17.4. The molecule has 0 radical (unpaired) electrons. The Hall–Kier alpha value is -3.42. The molecule has 2 amide bonds. The van der Waals surface area contributed by atoms with Crippen molar-refractivity contribution in [2.24, 2.45) is 0 Å². The highest BCUT2D eigenvalue weighted by Gasteiger charge is 2.39. The zero-order valence-electron chi connectivity index (χ0n) is 17.4. The molecule has 8 nitrogen and oxygen atoms in total. The number of carbonyl (C=O) groups excluding carboxylic acids is 2. The van der Waals surface area contributed by atoms with Gasteiger partial charge in [-0.3, -0.25) is 19.2 Å². The number of amides is 2. The van der Waals surface area contributed by atoms with Crippen LogP contribution in [0, 0.1) is 0 Å². The number of nitrogens with zero attached hydrogens (tertiary/aromatic N) is 2. The molecule has 0 saturated heterocycles. The summed E-state index contributed by atoms with van der Waals surface area (Å²) in [6.45, 7) is 7.50. The topological polar surface area (TPSA) is 115 Å². The molecule has 0 unspecified atom stereocenters. The predicted molar refractivity (Wildman–Crippen MR) is 110 cm³/mol. The molecule has 0 aliphatic carbocycles. The van der Waals surface area contributed by atoms with Crippen molar-refractivity contribution in [2.45, 2.75) is 40.5 Å². The van der Waals surface area contributed by atoms with Crippen LogP contribution in [0.1, 0.15) is 72.4 Å². The monoisotopic (exact) mass is 412 g/mol. The van der Waals surface area contributed by atoms with Gasteiger partial charge in [0.1, 0.15) is 0 Å². The smallest absolute Gasteiger partial charge is 0.305 e. The van der Waals surface area contributed by atoms with E-state index in [9.17, 15) is 19.2 Å². The normalized spacial score (nSPS) is 14.9. The van der Waals surface area contributed by atoms with Crippen molar-refractivity contribution in [1.29, 1.82) is 0 Å². The maximum absolute atomic E-state index is 13.0. The van der Waals surface area contributed by atoms with E-state index in [4.69, 9.17) is 10.2 Å². The van der Waals surface area contributed by atoms with Crippen molar-refractivity contribution in [1.82, 2.24) is 9.80 Å². The van der Waals surface area contributed by atoms with E-state index in [2.05, 4.69) is 0 Å². The first-order chi connectivity index (χ1) is 14.0. The Balaban J connectivity index is 2.13. The molecule has 8 heteroatoms. The van der Waals surface area contributed by atoms with Crippen molar-refractivity contribution in [3.63, 3.8) is 0 Å². The largest absolute Gasteiger partial charge is 0.481 e. The van der Waals surface area contributed by atoms with Gasteiger partial charge in [0, 0.05) is 24.2 Å². The summed E-state index contributed by atoms with van der Waals surface area (Å²) in [7, 11) is 0. The van der Waals surface area contributed by atoms with E-state index >= 15 is 0 Å². The summed E-state index contributed by atoms with van der Waals surface area (Å²) in [5.41, 5.74) is 5.07. The van der Waals surface area contributed by atoms with E-state index in [1.165, 1.54) is 9.80 Å². The van der Waals surface area contributed by atoms with Crippen LogP contribution >= 0.6 is 0 Å². The molecule has 3 rings (SSSR count). The first-order valence-electron chi connectivity index (χ1n) is 9.65. The van der Waals surface area contributed by atoms with Crippen molar-refractivity contribution < 1.29 is 29.4 Å². The van der Waals surface area contributed by atoms with E-state index < -0.39 is 11.9 Å². The number of allylic oxidation sites excluding steroid dienone is 2. The van der Waals surface area contributed by atoms with Crippen LogP contribution in [-0.4, -0.2) is 56.9 Å². The quantitative estimate of drug-likeness (QED) is 0.742. The van der Waals surface area contributed by atoms with Gasteiger partial charge in [-0.15, -0.1) is 0 Å². The lowest BCUT2D eigenvalue weighted by molar-refractivity contribution is -0.138. The molecule has 2 N–H and O–H groups in total. The number of carboxylic acid groups (broad SMARTS) is 2. The molecule has 2 aliphatic rings. The molecule has 1 aromatic rings. The number of hydrogen-bond donors (Lipinski definition) is 2. The van der Waals surface area contributed by atoms with E-state index in [1.807, 2.05) is 27.7 Å². The second kappa shape index (κ2) is 7.78. The van der Waals surface area contributed by atoms with Gasteiger partial charge in [-0.25, -0.2) is 0 Å². The van der Waals surface area contributed by atoms with Crippen LogP contribution in [0.25, 0.3) is 11.4 Å². The van der Waals surface area contributed by atoms with Gasteiger partial charge in [0.2, 0.25) is 0 Å². The minimum Gasteiger partial charge on any atom is -0.481 e. The molecule has 158 valence electrons. The summed E-state index contributed by atoms with van der Waals surface area (Å²) in [6.07, 6.45) is -0.366. The first kappa shape index (κ1) is 21.3. The van der Waals surface area contributed by atoms with Gasteiger partial charge in [0.15, 0.2) is 0 Å². The second-order valence-electron chi connectivity index (χ2n) is 7.84. The summed E-state index contributed by atoms with van der Waals surface area (Å²) in [5.74, 6) is -2.66. The van der Waals surface area contributed by atoms with Gasteiger partial charge in [-0.2, -0.15) is 0 Å². The summed E-state index contributed by atoms with van der Waals surface area (Å²) in [5, 5.41) is 18.1. The fourth-order valence-corrected chi connectivity index (χ4v) is 4.05. The van der Waals surface area contributed by atoms with Gasteiger partial charge in [0.25, 0.3) is 11.8 Å². The second-order valence-corrected chi connectivity index (χ2v) is 7.84. The number of benzene rings is 1. The van der Waals surface area contributed by atoms with Crippen LogP contribution in [0.3, 0.4) is 0 Å². The van der Waals surface area contributed by atoms with Gasteiger partial charge >= 0.3 is 11.9 Å². The Labute approximate surface area is 174 Å². The lowest BCUT2D eigenvalue weighted by atomic mass is 9.96. The Morgan fingerprint density at radius 2 is 1.03 bits per heavy atom. The molecule has 30 heavy (non-hydrogen) atoms. The highest BCUT2D eigenvalue weighted by molar-refractivity contribution is 6.16. The van der Waals surface area contributed by atoms with Gasteiger partial charge < -0.3 is 20.0 Å². The van der Waals surface area contributed by atoms with Crippen molar-refractivity contribution in [3.8, 4) is 0 Å². The maximum atomic E-state index is 13.0. The maximum Gasteiger partial charge on any atom is 0.305 e. The van der Waals surface area contributed by atoms with E-state index in [0.717, 1.165) is 11.1 Å². The SMILES string of the molecule is CC(C)=C1c2cc3c(cc2C(=O)N1CCC(=O)O)C(=O)N(CCC(=O)O)C3=C(C)C. The van der Waals surface area contributed by atoms with E-state index in [1.54, 1.807) is 12.1 Å². The highest BCUT2D eigenvalue weighted by Crippen LogP contribution is 2.42. The van der Waals surface area contributed by atoms with Crippen LogP contribution in [0.4, 0.5) is 0 Å². The van der Waals surface area contributed by atoms with Crippen LogP contribution in [0.5, 0.6) is 0 Å². The van der Waals surface area contributed by atoms with Crippen LogP contribution < -0.4 is 0 Å². The number of carboxylic acids is 2. The third-order valence-corrected chi connectivity index (χ3v) is 5.20. The standard InChI is InChI=1S/C22H24N2O6/c1-11(2)19-13-9-14-16(10-15(13)21(29)23(19)7-5-17(25)26)22(30)24(8-6-18(27)28)20(14)12(3)4/h9-10H,5-8H2,1-4H3,(H,25,26)(H,27,28). The van der Waals surface area contributed by atoms with E-state index in [-0.39, 0.29) is 37.7 Å². The fourth-order valence-electron chi connectivity index (χ4n) is 4.05. The van der Waals surface area contributed by atoms with Crippen molar-refractivity contribution >= 4 is 35.1 Å². The molecule has 0 aromatic heterocycles. The van der Waals surface area contributed by atoms with Gasteiger partial charge in [0.05, 0.1) is 35.4 Å². The third-order valence-electron chi connectivity index (χ3n) is 5.20. The third kappa shape index (κ3) is 3.49. The molecule has 0 spiro atoms. The lowest BCUT2D eigenvalue weighted by Crippen LogP contribution is -2.27. The number of aliphatic carboxylic acids is 2. The number of carbonyl (C=O) groups is 4. The summed E-state index contributed by atoms with van der Waals surface area (Å²) in [6, 6.07) is 3.36. The lowest BCUT2D eigenvalue weighted by Gasteiger charge is -2.20. The fraction of sp³-hybridized carbons (Fsp3) is 0.364. The molecule has 2 aliphatic heterocycles. The Morgan fingerprint density at radius 1 is 0.700 bits per heavy atom. The molecular formula is C22H24N2O6. The summed E-state index contributed by atoms with van der Waals surface area (Å²) < 4.78 is 0. The molecule has 0 bridgehead atoms. The minimum atomic E-state index is -0.995. The number of rotatable bonds is 6. The minimum absolute atomic E-state index is 0.0439. The van der Waals surface area contributed by atoms with Crippen LogP contribution in [-0.2, 0) is 9.59 Å². The molecular weight excluding hydrogens is 388 g/mol. The van der Waals surface area contributed by atoms with Crippen LogP contribution in [0.15, 0.2) is 23.3 Å². The highest BCUT2D eigenvalue weighted by atomic mass is 16.4. The predicted octanol–water partition coefficient (Wildman–Crippen LogP) is 3.05. The zero-order chi connectivity index (χ0) is 22.3. The molecule has 1 aromatic carbocycles. The number of fused-ring (bicyclic) bond motifs is 2. The molecule has 0 atom stereocenters. The average molecular weight is 412 g/mol. The average Bonchev–Trinajstić information content (AvgIpc) is 3.08. The molecule has 0 fully saturated rings. The molecule has 0 saturated carbocycles. The van der Waals surface area contributed by atoms with E-state index in [0.29, 0.717) is 33.6 Å². The van der Waals surface area contributed by atoms with Gasteiger partial charge in [-0.05, 0) is 39.8 Å². The van der Waals surface area contributed by atoms with Crippen molar-refractivity contribution in [3.05, 3.63) is 45.5 Å². The van der Waals surface area contributed by atoms with Crippen LogP contribution in [0.2, 0.25) is 0 Å². The van der Waals surface area contributed by atoms with Gasteiger partial charge in [-0.1, -0.05) is 11.1 Å². The van der Waals surface area contributed by atoms with Crippen molar-refractivity contribution in [2.75, 3.05) is 13.1 Å². The Kier molecular flexibility index (Phi) is 5.52. The summed E-state index contributed by atoms with van der Waals surface area (Å²) >= 11 is 0. The Morgan fingerprint density at radius 3 is 1.33 bits per heavy atom. The summed E-state index contributed by atoms with van der Waals surface area (Å²) in [4.78, 5) is 51.0. The molecule has 2 heterocycles. The first-order valence-corrected chi connectivity index (χ1v) is 9.65.